The van der Waals surface area contributed by atoms with Crippen LogP contribution in [0, 0.1) is 0 Å². The van der Waals surface area contributed by atoms with Gasteiger partial charge in [-0.2, -0.15) is 0 Å². The van der Waals surface area contributed by atoms with E-state index in [-0.39, 0.29) is 11.6 Å². The van der Waals surface area contributed by atoms with Gasteiger partial charge in [0.1, 0.15) is 0 Å². The Hall–Kier alpha value is -1.01. The molecule has 1 saturated heterocycles. The zero-order chi connectivity index (χ0) is 13.9. The summed E-state index contributed by atoms with van der Waals surface area (Å²) in [5.41, 5.74) is -0.00494. The van der Waals surface area contributed by atoms with Crippen molar-refractivity contribution < 1.29 is 4.74 Å². The van der Waals surface area contributed by atoms with Gasteiger partial charge in [-0.15, -0.1) is 5.10 Å². The molecule has 19 heavy (non-hydrogen) atoms. The van der Waals surface area contributed by atoms with Crippen LogP contribution in [0.1, 0.15) is 64.4 Å². The summed E-state index contributed by atoms with van der Waals surface area (Å²) in [6.45, 7) is 7.26. The fourth-order valence-corrected chi connectivity index (χ4v) is 2.83. The lowest BCUT2D eigenvalue weighted by Crippen LogP contribution is -2.40. The van der Waals surface area contributed by atoms with E-state index in [0.717, 1.165) is 38.1 Å². The Morgan fingerprint density at radius 2 is 2.21 bits per heavy atom. The fraction of sp³-hybridized carbons (Fsp3) is 0.923. The van der Waals surface area contributed by atoms with Crippen molar-refractivity contribution in [2.24, 2.45) is 0 Å². The Labute approximate surface area is 114 Å². The first-order valence-electron chi connectivity index (χ1n) is 7.24. The molecule has 0 aliphatic carbocycles. The molecular weight excluding hydrogens is 242 g/mol. The molecule has 0 aromatic carbocycles. The predicted molar refractivity (Wildman–Crippen MR) is 72.8 cm³/mol. The number of ether oxygens (including phenoxy) is 1. The van der Waals surface area contributed by atoms with Crippen molar-refractivity contribution in [3.8, 4) is 0 Å². The lowest BCUT2D eigenvalue weighted by molar-refractivity contribution is -0.101. The highest BCUT2D eigenvalue weighted by atomic mass is 16.5. The number of nitrogens with zero attached hydrogens (tertiary/aromatic N) is 4. The molecule has 6 heteroatoms. The second kappa shape index (κ2) is 5.96. The zero-order valence-corrected chi connectivity index (χ0v) is 12.4. The van der Waals surface area contributed by atoms with Crippen LogP contribution in [0.15, 0.2) is 0 Å². The van der Waals surface area contributed by atoms with Gasteiger partial charge in [-0.3, -0.25) is 0 Å². The Morgan fingerprint density at radius 3 is 2.84 bits per heavy atom. The third-order valence-corrected chi connectivity index (χ3v) is 4.44. The van der Waals surface area contributed by atoms with Crippen LogP contribution in [0.4, 0.5) is 0 Å². The summed E-state index contributed by atoms with van der Waals surface area (Å²) in [5, 5.41) is 15.4. The van der Waals surface area contributed by atoms with Crippen LogP contribution in [0.3, 0.4) is 0 Å². The van der Waals surface area contributed by atoms with Gasteiger partial charge in [-0.25, -0.2) is 4.68 Å². The summed E-state index contributed by atoms with van der Waals surface area (Å²) >= 11 is 0. The van der Waals surface area contributed by atoms with Gasteiger partial charge in [0.05, 0.1) is 17.7 Å². The van der Waals surface area contributed by atoms with Crippen molar-refractivity contribution in [2.45, 2.75) is 64.1 Å². The Kier molecular flexibility index (Phi) is 4.52. The van der Waals surface area contributed by atoms with Gasteiger partial charge in [-0.1, -0.05) is 13.8 Å². The normalized spacial score (nSPS) is 24.3. The fourth-order valence-electron chi connectivity index (χ4n) is 2.83. The molecule has 0 radical (unpaired) electrons. The van der Waals surface area contributed by atoms with Crippen molar-refractivity contribution in [1.29, 1.82) is 0 Å². The second-order valence-electron chi connectivity index (χ2n) is 5.38. The molecular formula is C13H25N5O. The molecule has 1 fully saturated rings. The first-order chi connectivity index (χ1) is 9.15. The van der Waals surface area contributed by atoms with Crippen molar-refractivity contribution >= 4 is 0 Å². The molecule has 1 aliphatic rings. The smallest absolute Gasteiger partial charge is 0.168 e. The number of nitrogens with one attached hydrogen (secondary N) is 1. The van der Waals surface area contributed by atoms with Gasteiger partial charge >= 0.3 is 0 Å². The van der Waals surface area contributed by atoms with Gasteiger partial charge in [-0.05, 0) is 50.1 Å². The van der Waals surface area contributed by atoms with E-state index in [2.05, 4.69) is 41.6 Å². The van der Waals surface area contributed by atoms with Crippen LogP contribution in [0.2, 0.25) is 0 Å². The highest BCUT2D eigenvalue weighted by Crippen LogP contribution is 2.37. The van der Waals surface area contributed by atoms with Crippen molar-refractivity contribution in [1.82, 2.24) is 25.5 Å². The third kappa shape index (κ3) is 2.79. The zero-order valence-electron chi connectivity index (χ0n) is 12.4. The van der Waals surface area contributed by atoms with Crippen LogP contribution in [0.5, 0.6) is 0 Å². The maximum atomic E-state index is 6.02. The van der Waals surface area contributed by atoms with E-state index in [1.807, 2.05) is 11.7 Å². The van der Waals surface area contributed by atoms with E-state index < -0.39 is 0 Å². The van der Waals surface area contributed by atoms with E-state index in [4.69, 9.17) is 4.74 Å². The number of hydrogen-bond donors (Lipinski definition) is 1. The van der Waals surface area contributed by atoms with Crippen molar-refractivity contribution in [2.75, 3.05) is 13.7 Å². The molecule has 2 unspecified atom stereocenters. The topological polar surface area (TPSA) is 64.9 Å². The Balaban J connectivity index is 2.20. The van der Waals surface area contributed by atoms with Crippen molar-refractivity contribution in [3.05, 3.63) is 5.82 Å². The minimum Gasteiger partial charge on any atom is -0.375 e. The minimum absolute atomic E-state index is 0.00494. The summed E-state index contributed by atoms with van der Waals surface area (Å²) in [6.07, 6.45) is 4.06. The molecule has 1 aliphatic heterocycles. The van der Waals surface area contributed by atoms with E-state index in [0.29, 0.717) is 6.04 Å². The molecule has 2 heterocycles. The molecule has 0 spiro atoms. The molecule has 2 rings (SSSR count). The van der Waals surface area contributed by atoms with Gasteiger partial charge < -0.3 is 10.1 Å². The summed E-state index contributed by atoms with van der Waals surface area (Å²) in [4.78, 5) is 0. The van der Waals surface area contributed by atoms with Crippen molar-refractivity contribution in [3.63, 3.8) is 0 Å². The van der Waals surface area contributed by atoms with Gasteiger partial charge in [0.25, 0.3) is 0 Å². The summed E-state index contributed by atoms with van der Waals surface area (Å²) in [6, 6.07) is 0.505. The molecule has 0 amide bonds. The summed E-state index contributed by atoms with van der Waals surface area (Å²) < 4.78 is 8.01. The average Bonchev–Trinajstić information content (AvgIpc) is 2.96. The van der Waals surface area contributed by atoms with Crippen LogP contribution < -0.4 is 5.32 Å². The molecule has 6 nitrogen and oxygen atoms in total. The number of rotatable bonds is 5. The Morgan fingerprint density at radius 1 is 1.47 bits per heavy atom. The first-order valence-corrected chi connectivity index (χ1v) is 7.24. The number of aromatic nitrogens is 4. The van der Waals surface area contributed by atoms with E-state index in [9.17, 15) is 0 Å². The monoisotopic (exact) mass is 267 g/mol. The maximum Gasteiger partial charge on any atom is 0.168 e. The molecule has 1 aromatic heterocycles. The predicted octanol–water partition coefficient (Wildman–Crippen LogP) is 1.86. The third-order valence-electron chi connectivity index (χ3n) is 4.44. The molecule has 1 aromatic rings. The SMILES string of the molecule is CCC1(CC)CC(n2nnnc2C(C)NC)CCO1. The van der Waals surface area contributed by atoms with Gasteiger partial charge in [0, 0.05) is 6.61 Å². The van der Waals surface area contributed by atoms with E-state index in [1.54, 1.807) is 0 Å². The van der Waals surface area contributed by atoms with E-state index >= 15 is 0 Å². The highest BCUT2D eigenvalue weighted by molar-refractivity contribution is 4.95. The van der Waals surface area contributed by atoms with E-state index in [1.165, 1.54) is 0 Å². The average molecular weight is 267 g/mol. The molecule has 108 valence electrons. The minimum atomic E-state index is -0.00494. The first kappa shape index (κ1) is 14.4. The second-order valence-corrected chi connectivity index (χ2v) is 5.38. The standard InChI is InChI=1S/C13H25N5O/c1-5-13(6-2)9-11(7-8-19-13)18-12(10(3)14-4)15-16-17-18/h10-11,14H,5-9H2,1-4H3. The summed E-state index contributed by atoms with van der Waals surface area (Å²) in [5.74, 6) is 0.913. The van der Waals surface area contributed by atoms with Crippen LogP contribution in [-0.2, 0) is 4.74 Å². The quantitative estimate of drug-likeness (QED) is 0.882. The van der Waals surface area contributed by atoms with Crippen LogP contribution >= 0.6 is 0 Å². The highest BCUT2D eigenvalue weighted by Gasteiger charge is 2.36. The number of hydrogen-bond acceptors (Lipinski definition) is 5. The lowest BCUT2D eigenvalue weighted by atomic mass is 9.86. The molecule has 1 N–H and O–H groups in total. The Bertz CT molecular complexity index is 401. The lowest BCUT2D eigenvalue weighted by Gasteiger charge is -2.40. The van der Waals surface area contributed by atoms with Gasteiger partial charge in [0.2, 0.25) is 0 Å². The largest absolute Gasteiger partial charge is 0.375 e. The molecule has 0 saturated carbocycles. The maximum absolute atomic E-state index is 6.02. The van der Waals surface area contributed by atoms with Crippen LogP contribution in [-0.4, -0.2) is 39.5 Å². The summed E-state index contributed by atoms with van der Waals surface area (Å²) in [7, 11) is 1.93. The van der Waals surface area contributed by atoms with Crippen LogP contribution in [0.25, 0.3) is 0 Å². The van der Waals surface area contributed by atoms with Gasteiger partial charge in [0.15, 0.2) is 5.82 Å². The number of tetrazole rings is 1. The molecule has 0 bridgehead atoms. The molecule has 2 atom stereocenters.